The topological polar surface area (TPSA) is 44.2 Å². The molecule has 0 saturated carbocycles. The van der Waals surface area contributed by atoms with Gasteiger partial charge in [0, 0.05) is 5.56 Å². The number of benzene rings is 1. The van der Waals surface area contributed by atoms with Crippen molar-refractivity contribution in [2.45, 2.75) is 45.4 Å². The second-order valence-electron chi connectivity index (χ2n) is 5.59. The maximum atomic E-state index is 5.70. The molecule has 124 valence electrons. The molecule has 2 aromatic rings. The van der Waals surface area contributed by atoms with E-state index >= 15 is 0 Å². The molecular formula is C19H26N2O2. The van der Waals surface area contributed by atoms with E-state index in [9.17, 15) is 0 Å². The van der Waals surface area contributed by atoms with Crippen molar-refractivity contribution in [2.75, 3.05) is 13.7 Å². The minimum Gasteiger partial charge on any atom is -0.497 e. The van der Waals surface area contributed by atoms with E-state index in [4.69, 9.17) is 9.47 Å². The summed E-state index contributed by atoms with van der Waals surface area (Å²) in [6, 6.07) is 7.73. The first-order valence-corrected chi connectivity index (χ1v) is 8.42. The Morgan fingerprint density at radius 1 is 0.913 bits per heavy atom. The molecule has 4 heteroatoms. The summed E-state index contributed by atoms with van der Waals surface area (Å²) < 4.78 is 10.9. The first-order valence-electron chi connectivity index (χ1n) is 8.42. The number of aromatic nitrogens is 2. The number of rotatable bonds is 10. The Bertz CT molecular complexity index is 570. The van der Waals surface area contributed by atoms with Crippen molar-refractivity contribution in [3.63, 3.8) is 0 Å². The van der Waals surface area contributed by atoms with Gasteiger partial charge in [0.2, 0.25) is 0 Å². The van der Waals surface area contributed by atoms with Crippen LogP contribution in [0.3, 0.4) is 0 Å². The van der Waals surface area contributed by atoms with Crippen molar-refractivity contribution >= 4 is 0 Å². The van der Waals surface area contributed by atoms with E-state index < -0.39 is 0 Å². The van der Waals surface area contributed by atoms with Gasteiger partial charge in [-0.15, -0.1) is 0 Å². The number of hydrogen-bond donors (Lipinski definition) is 0. The zero-order valence-corrected chi connectivity index (χ0v) is 14.1. The first kappa shape index (κ1) is 17.3. The first-order chi connectivity index (χ1) is 11.3. The molecule has 23 heavy (non-hydrogen) atoms. The van der Waals surface area contributed by atoms with E-state index in [1.807, 2.05) is 24.3 Å². The monoisotopic (exact) mass is 314 g/mol. The summed E-state index contributed by atoms with van der Waals surface area (Å²) >= 11 is 0. The van der Waals surface area contributed by atoms with Gasteiger partial charge in [-0.2, -0.15) is 0 Å². The molecule has 0 bridgehead atoms. The maximum Gasteiger partial charge on any atom is 0.159 e. The summed E-state index contributed by atoms with van der Waals surface area (Å²) in [6.07, 6.45) is 11.0. The van der Waals surface area contributed by atoms with E-state index in [-0.39, 0.29) is 0 Å². The minimum atomic E-state index is 0.677. The molecule has 1 aromatic heterocycles. The summed E-state index contributed by atoms with van der Waals surface area (Å²) in [6.45, 7) is 2.96. The highest BCUT2D eigenvalue weighted by molar-refractivity contribution is 5.57. The third-order valence-corrected chi connectivity index (χ3v) is 3.72. The minimum absolute atomic E-state index is 0.677. The number of unbranched alkanes of at least 4 members (excludes halogenated alkanes) is 5. The van der Waals surface area contributed by atoms with Crippen LogP contribution >= 0.6 is 0 Å². The molecule has 0 radical (unpaired) electrons. The summed E-state index contributed by atoms with van der Waals surface area (Å²) in [5, 5.41) is 0. The lowest BCUT2D eigenvalue weighted by Gasteiger charge is -2.07. The lowest BCUT2D eigenvalue weighted by molar-refractivity contribution is 0.302. The summed E-state index contributed by atoms with van der Waals surface area (Å²) in [7, 11) is 1.65. The maximum absolute atomic E-state index is 5.70. The highest BCUT2D eigenvalue weighted by atomic mass is 16.5. The van der Waals surface area contributed by atoms with Crippen LogP contribution in [0.25, 0.3) is 11.4 Å². The summed E-state index contributed by atoms with van der Waals surface area (Å²) in [5.74, 6) is 2.20. The zero-order chi connectivity index (χ0) is 16.3. The predicted molar refractivity (Wildman–Crippen MR) is 92.9 cm³/mol. The molecule has 0 aliphatic carbocycles. The molecule has 1 aromatic carbocycles. The lowest BCUT2D eigenvalue weighted by atomic mass is 10.1. The van der Waals surface area contributed by atoms with Crippen molar-refractivity contribution in [3.05, 3.63) is 36.7 Å². The van der Waals surface area contributed by atoms with Crippen LogP contribution in [0.15, 0.2) is 36.7 Å². The van der Waals surface area contributed by atoms with E-state index in [0.29, 0.717) is 5.82 Å². The molecule has 0 saturated heterocycles. The number of hydrogen-bond acceptors (Lipinski definition) is 4. The van der Waals surface area contributed by atoms with Crippen molar-refractivity contribution in [3.8, 4) is 22.9 Å². The molecule has 0 amide bonds. The molecule has 4 nitrogen and oxygen atoms in total. The van der Waals surface area contributed by atoms with E-state index in [1.165, 1.54) is 32.1 Å². The molecule has 0 atom stereocenters. The zero-order valence-electron chi connectivity index (χ0n) is 14.1. The summed E-state index contributed by atoms with van der Waals surface area (Å²) in [5.41, 5.74) is 0.937. The van der Waals surface area contributed by atoms with Crippen molar-refractivity contribution in [1.29, 1.82) is 0 Å². The summed E-state index contributed by atoms with van der Waals surface area (Å²) in [4.78, 5) is 8.74. The van der Waals surface area contributed by atoms with Crippen LogP contribution in [0, 0.1) is 0 Å². The third-order valence-electron chi connectivity index (χ3n) is 3.72. The highest BCUT2D eigenvalue weighted by Crippen LogP contribution is 2.21. The Labute approximate surface area is 138 Å². The Kier molecular flexibility index (Phi) is 7.37. The normalized spacial score (nSPS) is 10.5. The van der Waals surface area contributed by atoms with Gasteiger partial charge in [-0.1, -0.05) is 51.2 Å². The molecule has 0 aliphatic heterocycles. The molecule has 0 unspecified atom stereocenters. The van der Waals surface area contributed by atoms with Gasteiger partial charge in [-0.05, 0) is 18.6 Å². The van der Waals surface area contributed by atoms with Crippen molar-refractivity contribution < 1.29 is 9.47 Å². The fourth-order valence-corrected chi connectivity index (χ4v) is 2.37. The van der Waals surface area contributed by atoms with Gasteiger partial charge >= 0.3 is 0 Å². The highest BCUT2D eigenvalue weighted by Gasteiger charge is 2.03. The fourth-order valence-electron chi connectivity index (χ4n) is 2.37. The van der Waals surface area contributed by atoms with Crippen LogP contribution in [0.1, 0.15) is 45.4 Å². The second kappa shape index (κ2) is 9.82. The molecule has 1 heterocycles. The molecule has 0 aliphatic rings. The van der Waals surface area contributed by atoms with Gasteiger partial charge in [0.05, 0.1) is 26.1 Å². The van der Waals surface area contributed by atoms with E-state index in [2.05, 4.69) is 16.9 Å². The quantitative estimate of drug-likeness (QED) is 0.586. The van der Waals surface area contributed by atoms with Gasteiger partial charge < -0.3 is 9.47 Å². The molecule has 0 fully saturated rings. The Morgan fingerprint density at radius 2 is 1.65 bits per heavy atom. The standard InChI is InChI=1S/C19H26N2O2/c1-3-4-5-6-7-8-12-23-18-14-20-19(21-15-18)16-10-9-11-17(13-16)22-2/h9-11,13-15H,3-8,12H2,1-2H3. The van der Waals surface area contributed by atoms with Gasteiger partial charge in [0.1, 0.15) is 5.75 Å². The Morgan fingerprint density at radius 3 is 2.39 bits per heavy atom. The fraction of sp³-hybridized carbons (Fsp3) is 0.474. The van der Waals surface area contributed by atoms with Gasteiger partial charge in [0.25, 0.3) is 0 Å². The van der Waals surface area contributed by atoms with E-state index in [0.717, 1.165) is 30.1 Å². The molecule has 2 rings (SSSR count). The number of methoxy groups -OCH3 is 1. The lowest BCUT2D eigenvalue weighted by Crippen LogP contribution is -1.99. The number of nitrogens with zero attached hydrogens (tertiary/aromatic N) is 2. The van der Waals surface area contributed by atoms with Crippen LogP contribution in [0.2, 0.25) is 0 Å². The largest absolute Gasteiger partial charge is 0.497 e. The smallest absolute Gasteiger partial charge is 0.159 e. The second-order valence-corrected chi connectivity index (χ2v) is 5.59. The van der Waals surface area contributed by atoms with Crippen LogP contribution in [0.4, 0.5) is 0 Å². The average molecular weight is 314 g/mol. The van der Waals surface area contributed by atoms with Crippen molar-refractivity contribution in [2.24, 2.45) is 0 Å². The van der Waals surface area contributed by atoms with Crippen LogP contribution in [-0.4, -0.2) is 23.7 Å². The van der Waals surface area contributed by atoms with Crippen LogP contribution in [-0.2, 0) is 0 Å². The molecular weight excluding hydrogens is 288 g/mol. The van der Waals surface area contributed by atoms with Gasteiger partial charge in [-0.25, -0.2) is 9.97 Å². The van der Waals surface area contributed by atoms with Gasteiger partial charge in [0.15, 0.2) is 11.6 Å². The predicted octanol–water partition coefficient (Wildman–Crippen LogP) is 4.89. The molecule has 0 spiro atoms. The number of ether oxygens (including phenoxy) is 2. The SMILES string of the molecule is CCCCCCCCOc1cnc(-c2cccc(OC)c2)nc1. The van der Waals surface area contributed by atoms with Gasteiger partial charge in [-0.3, -0.25) is 0 Å². The molecule has 0 N–H and O–H groups in total. The van der Waals surface area contributed by atoms with Crippen molar-refractivity contribution in [1.82, 2.24) is 9.97 Å². The van der Waals surface area contributed by atoms with E-state index in [1.54, 1.807) is 19.5 Å². The Hall–Kier alpha value is -2.10. The van der Waals surface area contributed by atoms with Crippen LogP contribution in [0.5, 0.6) is 11.5 Å². The Balaban J connectivity index is 1.78. The van der Waals surface area contributed by atoms with Crippen LogP contribution < -0.4 is 9.47 Å². The average Bonchev–Trinajstić information content (AvgIpc) is 2.61. The third kappa shape index (κ3) is 5.89.